The average molecular weight is 303 g/mol. The molecule has 0 amide bonds. The van der Waals surface area contributed by atoms with Gasteiger partial charge in [0.15, 0.2) is 0 Å². The van der Waals surface area contributed by atoms with Gasteiger partial charge in [-0.2, -0.15) is 0 Å². The van der Waals surface area contributed by atoms with Gasteiger partial charge in [-0.15, -0.1) is 0 Å². The maximum atomic E-state index is 12.0. The molecule has 2 aromatic carbocycles. The van der Waals surface area contributed by atoms with Crippen LogP contribution in [0.2, 0.25) is 0 Å². The molecule has 0 saturated heterocycles. The number of para-hydroxylation sites is 1. The number of benzene rings is 2. The van der Waals surface area contributed by atoms with Gasteiger partial charge in [0.2, 0.25) is 10.0 Å². The van der Waals surface area contributed by atoms with Crippen LogP contribution in [0.25, 0.3) is 0 Å². The average Bonchev–Trinajstić information content (AvgIpc) is 2.91. The zero-order valence-electron chi connectivity index (χ0n) is 11.7. The Kier molecular flexibility index (Phi) is 3.35. The molecule has 2 aromatic rings. The van der Waals surface area contributed by atoms with Gasteiger partial charge in [-0.3, -0.25) is 0 Å². The highest BCUT2D eigenvalue weighted by Crippen LogP contribution is 2.38. The quantitative estimate of drug-likeness (QED) is 0.849. The molecule has 0 spiro atoms. The van der Waals surface area contributed by atoms with Gasteiger partial charge in [0.05, 0.1) is 16.3 Å². The molecule has 0 aromatic heterocycles. The molecule has 1 aliphatic heterocycles. The zero-order chi connectivity index (χ0) is 15.0. The Morgan fingerprint density at radius 2 is 1.90 bits per heavy atom. The molecule has 1 heterocycles. The van der Waals surface area contributed by atoms with Crippen LogP contribution in [-0.4, -0.2) is 22.0 Å². The summed E-state index contributed by atoms with van der Waals surface area (Å²) in [7, 11) is -2.08. The van der Waals surface area contributed by atoms with Crippen molar-refractivity contribution in [1.29, 1.82) is 0 Å². The fourth-order valence-corrected chi connectivity index (χ4v) is 3.38. The van der Waals surface area contributed by atoms with Crippen molar-refractivity contribution in [2.75, 3.05) is 24.2 Å². The Morgan fingerprint density at radius 1 is 1.14 bits per heavy atom. The maximum absolute atomic E-state index is 12.0. The highest BCUT2D eigenvalue weighted by Gasteiger charge is 2.23. The van der Waals surface area contributed by atoms with Crippen LogP contribution >= 0.6 is 0 Å². The Hall–Kier alpha value is -2.05. The van der Waals surface area contributed by atoms with Crippen LogP contribution in [0, 0.1) is 0 Å². The van der Waals surface area contributed by atoms with Crippen molar-refractivity contribution in [2.45, 2.75) is 11.3 Å². The molecule has 3 N–H and O–H groups in total. The van der Waals surface area contributed by atoms with Gasteiger partial charge in [-0.05, 0) is 43.3 Å². The van der Waals surface area contributed by atoms with Gasteiger partial charge in [0, 0.05) is 12.2 Å². The number of hydrogen-bond donors (Lipinski definition) is 2. The van der Waals surface area contributed by atoms with Gasteiger partial charge in [0.1, 0.15) is 0 Å². The lowest BCUT2D eigenvalue weighted by molar-refractivity contribution is 0.588. The first-order valence-electron chi connectivity index (χ1n) is 6.71. The number of nitrogens with one attached hydrogen (secondary N) is 1. The van der Waals surface area contributed by atoms with Crippen LogP contribution in [0.15, 0.2) is 47.4 Å². The van der Waals surface area contributed by atoms with E-state index in [0.29, 0.717) is 5.69 Å². The van der Waals surface area contributed by atoms with E-state index in [4.69, 9.17) is 5.73 Å². The number of anilines is 3. The lowest BCUT2D eigenvalue weighted by atomic mass is 10.2. The third-order valence-electron chi connectivity index (χ3n) is 3.76. The molecule has 3 rings (SSSR count). The molecule has 0 atom stereocenters. The fraction of sp³-hybridized carbons (Fsp3) is 0.200. The number of sulfonamides is 1. The first-order chi connectivity index (χ1) is 10.0. The van der Waals surface area contributed by atoms with E-state index in [9.17, 15) is 8.42 Å². The van der Waals surface area contributed by atoms with E-state index in [1.807, 2.05) is 18.2 Å². The molecule has 1 aliphatic rings. The standard InChI is InChI=1S/C15H17N3O2S/c1-17-21(19,20)12-6-7-13(16)15(10-12)18-9-8-11-4-2-3-5-14(11)18/h2-7,10,17H,8-9,16H2,1H3. The Bertz CT molecular complexity index is 787. The second-order valence-electron chi connectivity index (χ2n) is 4.96. The molecular weight excluding hydrogens is 286 g/mol. The minimum atomic E-state index is -3.48. The van der Waals surface area contributed by atoms with Gasteiger partial charge < -0.3 is 10.6 Å². The second kappa shape index (κ2) is 5.05. The molecule has 5 nitrogen and oxygen atoms in total. The van der Waals surface area contributed by atoms with Gasteiger partial charge >= 0.3 is 0 Å². The summed E-state index contributed by atoms with van der Waals surface area (Å²) in [5, 5.41) is 0. The number of nitrogens with zero attached hydrogens (tertiary/aromatic N) is 1. The van der Waals surface area contributed by atoms with Crippen molar-refractivity contribution >= 4 is 27.1 Å². The molecule has 0 saturated carbocycles. The molecule has 0 unspecified atom stereocenters. The second-order valence-corrected chi connectivity index (χ2v) is 6.85. The van der Waals surface area contributed by atoms with Crippen LogP contribution in [0.5, 0.6) is 0 Å². The molecule has 21 heavy (non-hydrogen) atoms. The summed E-state index contributed by atoms with van der Waals surface area (Å²) in [5.41, 5.74) is 9.69. The minimum Gasteiger partial charge on any atom is -0.397 e. The van der Waals surface area contributed by atoms with Crippen molar-refractivity contribution in [3.8, 4) is 0 Å². The molecule has 0 radical (unpaired) electrons. The summed E-state index contributed by atoms with van der Waals surface area (Å²) in [6, 6.07) is 12.9. The lowest BCUT2D eigenvalue weighted by Gasteiger charge is -2.22. The predicted octanol–water partition coefficient (Wildman–Crippen LogP) is 1.87. The number of fused-ring (bicyclic) bond motifs is 1. The molecule has 0 bridgehead atoms. The highest BCUT2D eigenvalue weighted by molar-refractivity contribution is 7.89. The first kappa shape index (κ1) is 13.9. The van der Waals surface area contributed by atoms with E-state index in [-0.39, 0.29) is 4.90 Å². The monoisotopic (exact) mass is 303 g/mol. The van der Waals surface area contributed by atoms with Crippen LogP contribution < -0.4 is 15.4 Å². The van der Waals surface area contributed by atoms with E-state index in [1.54, 1.807) is 12.1 Å². The summed E-state index contributed by atoms with van der Waals surface area (Å²) < 4.78 is 26.2. The van der Waals surface area contributed by atoms with E-state index in [2.05, 4.69) is 15.7 Å². The van der Waals surface area contributed by atoms with Gasteiger partial charge in [-0.1, -0.05) is 18.2 Å². The van der Waals surface area contributed by atoms with E-state index in [0.717, 1.165) is 24.3 Å². The summed E-state index contributed by atoms with van der Waals surface area (Å²) in [6.07, 6.45) is 0.929. The van der Waals surface area contributed by atoms with Crippen molar-refractivity contribution in [3.63, 3.8) is 0 Å². The SMILES string of the molecule is CNS(=O)(=O)c1ccc(N)c(N2CCc3ccccc32)c1. The fourth-order valence-electron chi connectivity index (χ4n) is 2.63. The molecular formula is C15H17N3O2S. The maximum Gasteiger partial charge on any atom is 0.240 e. The van der Waals surface area contributed by atoms with Crippen LogP contribution in [0.1, 0.15) is 5.56 Å². The van der Waals surface area contributed by atoms with Crippen LogP contribution in [-0.2, 0) is 16.4 Å². The molecule has 110 valence electrons. The third-order valence-corrected chi connectivity index (χ3v) is 5.17. The van der Waals surface area contributed by atoms with Crippen molar-refractivity contribution in [3.05, 3.63) is 48.0 Å². The van der Waals surface area contributed by atoms with Crippen LogP contribution in [0.4, 0.5) is 17.1 Å². The van der Waals surface area contributed by atoms with Gasteiger partial charge in [0.25, 0.3) is 0 Å². The summed E-state index contributed by atoms with van der Waals surface area (Å²) in [5.74, 6) is 0. The number of rotatable bonds is 3. The summed E-state index contributed by atoms with van der Waals surface area (Å²) >= 11 is 0. The molecule has 0 aliphatic carbocycles. The lowest BCUT2D eigenvalue weighted by Crippen LogP contribution is -2.20. The van der Waals surface area contributed by atoms with Crippen molar-refractivity contribution in [1.82, 2.24) is 4.72 Å². The Balaban J connectivity index is 2.10. The molecule has 6 heteroatoms. The topological polar surface area (TPSA) is 75.4 Å². The Labute approximate surface area is 124 Å². The highest BCUT2D eigenvalue weighted by atomic mass is 32.2. The smallest absolute Gasteiger partial charge is 0.240 e. The van der Waals surface area contributed by atoms with E-state index < -0.39 is 10.0 Å². The zero-order valence-corrected chi connectivity index (χ0v) is 12.5. The van der Waals surface area contributed by atoms with Gasteiger partial charge in [-0.25, -0.2) is 13.1 Å². The molecule has 0 fully saturated rings. The predicted molar refractivity (Wildman–Crippen MR) is 84.3 cm³/mol. The third kappa shape index (κ3) is 2.36. The number of nitrogens with two attached hydrogens (primary N) is 1. The number of nitrogen functional groups attached to an aromatic ring is 1. The van der Waals surface area contributed by atoms with Crippen molar-refractivity contribution in [2.24, 2.45) is 0 Å². The normalized spacial score (nSPS) is 14.2. The number of hydrogen-bond acceptors (Lipinski definition) is 4. The van der Waals surface area contributed by atoms with Crippen LogP contribution in [0.3, 0.4) is 0 Å². The first-order valence-corrected chi connectivity index (χ1v) is 8.20. The minimum absolute atomic E-state index is 0.221. The largest absolute Gasteiger partial charge is 0.397 e. The van der Waals surface area contributed by atoms with E-state index in [1.165, 1.54) is 18.7 Å². The van der Waals surface area contributed by atoms with Crippen molar-refractivity contribution < 1.29 is 8.42 Å². The summed E-state index contributed by atoms with van der Waals surface area (Å²) in [6.45, 7) is 0.798. The Morgan fingerprint density at radius 3 is 2.67 bits per heavy atom. The van der Waals surface area contributed by atoms with E-state index >= 15 is 0 Å². The summed E-state index contributed by atoms with van der Waals surface area (Å²) in [4.78, 5) is 2.29.